The molecule has 0 aliphatic carbocycles. The van der Waals surface area contributed by atoms with Crippen LogP contribution in [0.5, 0.6) is 5.75 Å². The lowest BCUT2D eigenvalue weighted by Crippen LogP contribution is -2.50. The maximum absolute atomic E-state index is 11.8. The average molecular weight is 293 g/mol. The summed E-state index contributed by atoms with van der Waals surface area (Å²) in [5.74, 6) is 0.642. The van der Waals surface area contributed by atoms with Gasteiger partial charge in [0.2, 0.25) is 0 Å². The zero-order chi connectivity index (χ0) is 15.5. The molecule has 5 heteroatoms. The first-order valence-corrected chi connectivity index (χ1v) is 7.30. The van der Waals surface area contributed by atoms with Gasteiger partial charge in [0.15, 0.2) is 0 Å². The summed E-state index contributed by atoms with van der Waals surface area (Å²) < 4.78 is 10.2. The van der Waals surface area contributed by atoms with Crippen LogP contribution in [0.3, 0.4) is 0 Å². The molecular formula is C16H23NO4. The van der Waals surface area contributed by atoms with Gasteiger partial charge in [-0.2, -0.15) is 0 Å². The van der Waals surface area contributed by atoms with Crippen molar-refractivity contribution in [2.45, 2.75) is 25.9 Å². The van der Waals surface area contributed by atoms with Crippen LogP contribution in [0.2, 0.25) is 0 Å². The summed E-state index contributed by atoms with van der Waals surface area (Å²) in [7, 11) is 1.61. The molecule has 0 saturated carbocycles. The highest BCUT2D eigenvalue weighted by Crippen LogP contribution is 2.38. The van der Waals surface area contributed by atoms with E-state index in [0.29, 0.717) is 26.1 Å². The predicted octanol–water partition coefficient (Wildman–Crippen LogP) is 2.38. The number of hydrogen-bond acceptors (Lipinski definition) is 4. The molecule has 1 aliphatic rings. The first kappa shape index (κ1) is 15.6. The fourth-order valence-electron chi connectivity index (χ4n) is 2.83. The summed E-state index contributed by atoms with van der Waals surface area (Å²) in [6, 6.07) is 7.48. The van der Waals surface area contributed by atoms with E-state index in [1.54, 1.807) is 18.9 Å². The highest BCUT2D eigenvalue weighted by Gasteiger charge is 2.41. The van der Waals surface area contributed by atoms with Crippen LogP contribution in [0.4, 0.5) is 4.79 Å². The Morgan fingerprint density at radius 3 is 2.90 bits per heavy atom. The molecule has 0 spiro atoms. The molecule has 0 radical (unpaired) electrons. The zero-order valence-electron chi connectivity index (χ0n) is 12.8. The van der Waals surface area contributed by atoms with Crippen LogP contribution in [0.15, 0.2) is 24.3 Å². The minimum atomic E-state index is -0.947. The van der Waals surface area contributed by atoms with Crippen molar-refractivity contribution in [1.29, 1.82) is 0 Å². The fraction of sp³-hybridized carbons (Fsp3) is 0.562. The van der Waals surface area contributed by atoms with Gasteiger partial charge in [-0.25, -0.2) is 4.79 Å². The molecule has 1 heterocycles. The number of carbonyl (C=O) groups is 1. The lowest BCUT2D eigenvalue weighted by molar-refractivity contribution is -0.0675. The first-order chi connectivity index (χ1) is 10.0. The number of aliphatic hydroxyl groups is 1. The summed E-state index contributed by atoms with van der Waals surface area (Å²) >= 11 is 0. The van der Waals surface area contributed by atoms with Gasteiger partial charge in [0, 0.05) is 19.0 Å². The van der Waals surface area contributed by atoms with Gasteiger partial charge in [-0.05, 0) is 31.0 Å². The minimum Gasteiger partial charge on any atom is -0.497 e. The molecule has 2 rings (SSSR count). The molecule has 1 fully saturated rings. The molecule has 1 aromatic rings. The lowest BCUT2D eigenvalue weighted by Gasteiger charge is -2.43. The predicted molar refractivity (Wildman–Crippen MR) is 79.3 cm³/mol. The molecule has 1 aromatic carbocycles. The van der Waals surface area contributed by atoms with Gasteiger partial charge in [-0.1, -0.05) is 19.1 Å². The maximum Gasteiger partial charge on any atom is 0.409 e. The average Bonchev–Trinajstić information content (AvgIpc) is 2.50. The number of likely N-dealkylation sites (tertiary alicyclic amines) is 1. The smallest absolute Gasteiger partial charge is 0.409 e. The number of methoxy groups -OCH3 is 1. The second-order valence-electron chi connectivity index (χ2n) is 5.45. The Morgan fingerprint density at radius 2 is 2.29 bits per heavy atom. The largest absolute Gasteiger partial charge is 0.497 e. The van der Waals surface area contributed by atoms with Gasteiger partial charge in [0.25, 0.3) is 0 Å². The topological polar surface area (TPSA) is 59.0 Å². The number of benzene rings is 1. The molecule has 21 heavy (non-hydrogen) atoms. The number of piperidine rings is 1. The Bertz CT molecular complexity index is 505. The number of amides is 1. The molecule has 1 N–H and O–H groups in total. The molecule has 5 nitrogen and oxygen atoms in total. The third-order valence-corrected chi connectivity index (χ3v) is 4.17. The molecule has 116 valence electrons. The molecule has 0 aromatic heterocycles. The zero-order valence-corrected chi connectivity index (χ0v) is 12.8. The summed E-state index contributed by atoms with van der Waals surface area (Å²) in [5, 5.41) is 11.0. The Hall–Kier alpha value is -1.75. The van der Waals surface area contributed by atoms with E-state index in [1.165, 1.54) is 0 Å². The van der Waals surface area contributed by atoms with Crippen molar-refractivity contribution in [3.8, 4) is 5.75 Å². The minimum absolute atomic E-state index is 0.0808. The third kappa shape index (κ3) is 3.13. The molecular weight excluding hydrogens is 270 g/mol. The molecule has 1 aliphatic heterocycles. The number of ether oxygens (including phenoxy) is 2. The van der Waals surface area contributed by atoms with Crippen LogP contribution < -0.4 is 4.74 Å². The highest BCUT2D eigenvalue weighted by atomic mass is 16.6. The van der Waals surface area contributed by atoms with E-state index in [2.05, 4.69) is 0 Å². The quantitative estimate of drug-likeness (QED) is 0.929. The van der Waals surface area contributed by atoms with Gasteiger partial charge in [0.05, 0.1) is 19.3 Å². The SMILES string of the molecule is CCOC(=O)N1CCC(O)(c2cccc(OC)c2)C(C)C1. The van der Waals surface area contributed by atoms with Crippen LogP contribution in [0.1, 0.15) is 25.8 Å². The second-order valence-corrected chi connectivity index (χ2v) is 5.45. The van der Waals surface area contributed by atoms with Crippen LogP contribution >= 0.6 is 0 Å². The van der Waals surface area contributed by atoms with E-state index in [4.69, 9.17) is 9.47 Å². The Balaban J connectivity index is 2.15. The number of nitrogens with zero attached hydrogens (tertiary/aromatic N) is 1. The van der Waals surface area contributed by atoms with E-state index in [0.717, 1.165) is 11.3 Å². The van der Waals surface area contributed by atoms with E-state index >= 15 is 0 Å². The third-order valence-electron chi connectivity index (χ3n) is 4.17. The number of hydrogen-bond donors (Lipinski definition) is 1. The van der Waals surface area contributed by atoms with Crippen molar-refractivity contribution in [1.82, 2.24) is 4.90 Å². The van der Waals surface area contributed by atoms with Gasteiger partial charge in [0.1, 0.15) is 5.75 Å². The van der Waals surface area contributed by atoms with Gasteiger partial charge in [-0.15, -0.1) is 0 Å². The van der Waals surface area contributed by atoms with Crippen LogP contribution in [0.25, 0.3) is 0 Å². The van der Waals surface area contributed by atoms with Crippen molar-refractivity contribution in [2.24, 2.45) is 5.92 Å². The van der Waals surface area contributed by atoms with Crippen molar-refractivity contribution in [3.63, 3.8) is 0 Å². The Kier molecular flexibility index (Phi) is 4.73. The van der Waals surface area contributed by atoms with Gasteiger partial charge >= 0.3 is 6.09 Å². The lowest BCUT2D eigenvalue weighted by atomic mass is 9.77. The molecule has 1 saturated heterocycles. The van der Waals surface area contributed by atoms with E-state index in [-0.39, 0.29) is 12.0 Å². The maximum atomic E-state index is 11.8. The van der Waals surface area contributed by atoms with Crippen LogP contribution in [-0.2, 0) is 10.3 Å². The first-order valence-electron chi connectivity index (χ1n) is 7.30. The van der Waals surface area contributed by atoms with E-state index in [9.17, 15) is 9.90 Å². The molecule has 2 atom stereocenters. The molecule has 1 amide bonds. The number of rotatable bonds is 3. The summed E-state index contributed by atoms with van der Waals surface area (Å²) in [6.07, 6.45) is 0.178. The van der Waals surface area contributed by atoms with Crippen molar-refractivity contribution >= 4 is 6.09 Å². The van der Waals surface area contributed by atoms with Crippen molar-refractivity contribution in [2.75, 3.05) is 26.8 Å². The van der Waals surface area contributed by atoms with Gasteiger partial charge < -0.3 is 19.5 Å². The monoisotopic (exact) mass is 293 g/mol. The second kappa shape index (κ2) is 6.35. The van der Waals surface area contributed by atoms with E-state index in [1.807, 2.05) is 31.2 Å². The van der Waals surface area contributed by atoms with Crippen molar-refractivity contribution < 1.29 is 19.4 Å². The van der Waals surface area contributed by atoms with E-state index < -0.39 is 5.60 Å². The van der Waals surface area contributed by atoms with Crippen molar-refractivity contribution in [3.05, 3.63) is 29.8 Å². The number of carbonyl (C=O) groups excluding carboxylic acids is 1. The normalized spacial score (nSPS) is 25.5. The van der Waals surface area contributed by atoms with Crippen LogP contribution in [-0.4, -0.2) is 42.9 Å². The Morgan fingerprint density at radius 1 is 1.52 bits per heavy atom. The summed E-state index contributed by atoms with van der Waals surface area (Å²) in [5.41, 5.74) is -0.116. The fourth-order valence-corrected chi connectivity index (χ4v) is 2.83. The summed E-state index contributed by atoms with van der Waals surface area (Å²) in [4.78, 5) is 13.4. The molecule has 0 bridgehead atoms. The Labute approximate surface area is 125 Å². The van der Waals surface area contributed by atoms with Gasteiger partial charge in [-0.3, -0.25) is 0 Å². The summed E-state index contributed by atoms with van der Waals surface area (Å²) in [6.45, 7) is 5.07. The highest BCUT2D eigenvalue weighted by molar-refractivity contribution is 5.67. The molecule has 2 unspecified atom stereocenters. The van der Waals surface area contributed by atoms with Crippen LogP contribution in [0, 0.1) is 5.92 Å². The standard InChI is InChI=1S/C16H23NO4/c1-4-21-15(18)17-9-8-16(19,12(2)11-17)13-6-5-7-14(10-13)20-3/h5-7,10,12,19H,4,8-9,11H2,1-3H3.